The highest BCUT2D eigenvalue weighted by Gasteiger charge is 2.15. The van der Waals surface area contributed by atoms with Gasteiger partial charge in [0.1, 0.15) is 18.1 Å². The normalized spacial score (nSPS) is 11.4. The lowest BCUT2D eigenvalue weighted by atomic mass is 10.0. The highest BCUT2D eigenvalue weighted by Crippen LogP contribution is 2.35. The summed E-state index contributed by atoms with van der Waals surface area (Å²) in [5.74, 6) is 0.701. The fraction of sp³-hybridized carbons (Fsp3) is 0.0333. The molecule has 0 saturated heterocycles. The number of thiophene rings is 1. The minimum absolute atomic E-state index is 0.484. The second-order valence-corrected chi connectivity index (χ2v) is 9.61. The number of ether oxygens (including phenoxy) is 1. The Labute approximate surface area is 216 Å². The number of H-pyrrole nitrogens is 2. The van der Waals surface area contributed by atoms with Gasteiger partial charge in [-0.2, -0.15) is 16.4 Å². The Bertz CT molecular complexity index is 1840. The lowest BCUT2D eigenvalue weighted by molar-refractivity contribution is 0.305. The third kappa shape index (κ3) is 4.05. The van der Waals surface area contributed by atoms with Gasteiger partial charge < -0.3 is 9.72 Å². The van der Waals surface area contributed by atoms with E-state index in [9.17, 15) is 0 Å². The largest absolute Gasteiger partial charge is 0.487 e. The van der Waals surface area contributed by atoms with Gasteiger partial charge in [-0.15, -0.1) is 0 Å². The van der Waals surface area contributed by atoms with E-state index in [-0.39, 0.29) is 0 Å². The highest BCUT2D eigenvalue weighted by atomic mass is 32.1. The summed E-state index contributed by atoms with van der Waals surface area (Å²) in [5, 5.41) is 14.2. The minimum Gasteiger partial charge on any atom is -0.487 e. The topological polar surface area (TPSA) is 79.5 Å². The summed E-state index contributed by atoms with van der Waals surface area (Å²) >= 11 is 1.70. The molecule has 2 aromatic carbocycles. The number of aromatic nitrogens is 5. The Balaban J connectivity index is 1.24. The molecule has 6 nitrogen and oxygen atoms in total. The minimum atomic E-state index is 0.484. The van der Waals surface area contributed by atoms with Crippen molar-refractivity contribution in [2.75, 3.05) is 0 Å². The van der Waals surface area contributed by atoms with Crippen molar-refractivity contribution in [1.29, 1.82) is 0 Å². The summed E-state index contributed by atoms with van der Waals surface area (Å²) in [7, 11) is 0. The van der Waals surface area contributed by atoms with Crippen LogP contribution in [0.1, 0.15) is 5.56 Å². The van der Waals surface area contributed by atoms with Crippen molar-refractivity contribution in [2.45, 2.75) is 6.61 Å². The van der Waals surface area contributed by atoms with Crippen LogP contribution in [0.5, 0.6) is 5.75 Å². The third-order valence-electron chi connectivity index (χ3n) is 6.46. The second-order valence-electron chi connectivity index (χ2n) is 8.83. The molecule has 0 amide bonds. The molecule has 0 aliphatic carbocycles. The lowest BCUT2D eigenvalue weighted by Crippen LogP contribution is -1.96. The zero-order valence-electron chi connectivity index (χ0n) is 19.7. The first kappa shape index (κ1) is 21.5. The predicted octanol–water partition coefficient (Wildman–Crippen LogP) is 7.48. The third-order valence-corrected chi connectivity index (χ3v) is 7.14. The Kier molecular flexibility index (Phi) is 5.26. The monoisotopic (exact) mass is 499 g/mol. The number of rotatable bonds is 6. The molecule has 0 saturated carbocycles. The molecule has 0 aliphatic heterocycles. The van der Waals surface area contributed by atoms with Crippen LogP contribution in [-0.2, 0) is 6.61 Å². The smallest absolute Gasteiger partial charge is 0.138 e. The molecule has 0 unspecified atom stereocenters. The Morgan fingerprint density at radius 2 is 1.76 bits per heavy atom. The maximum absolute atomic E-state index is 5.98. The Morgan fingerprint density at radius 1 is 0.811 bits per heavy atom. The van der Waals surface area contributed by atoms with E-state index >= 15 is 0 Å². The second kappa shape index (κ2) is 9.04. The van der Waals surface area contributed by atoms with E-state index in [4.69, 9.17) is 4.74 Å². The highest BCUT2D eigenvalue weighted by molar-refractivity contribution is 7.08. The molecule has 178 valence electrons. The molecule has 37 heavy (non-hydrogen) atoms. The van der Waals surface area contributed by atoms with Gasteiger partial charge in [0.2, 0.25) is 0 Å². The number of fused-ring (bicyclic) bond motifs is 2. The van der Waals surface area contributed by atoms with Gasteiger partial charge in [0.05, 0.1) is 29.3 Å². The molecule has 5 heterocycles. The van der Waals surface area contributed by atoms with E-state index in [2.05, 4.69) is 72.3 Å². The van der Waals surface area contributed by atoms with Gasteiger partial charge in [0, 0.05) is 28.0 Å². The van der Waals surface area contributed by atoms with Crippen LogP contribution in [-0.4, -0.2) is 25.1 Å². The molecule has 0 aliphatic rings. The Hall–Kier alpha value is -4.75. The van der Waals surface area contributed by atoms with Crippen molar-refractivity contribution in [1.82, 2.24) is 25.1 Å². The number of nitrogens with zero attached hydrogens (tertiary/aromatic N) is 3. The first-order valence-electron chi connectivity index (χ1n) is 11.9. The van der Waals surface area contributed by atoms with Crippen molar-refractivity contribution in [3.8, 4) is 39.5 Å². The molecule has 2 N–H and O–H groups in total. The van der Waals surface area contributed by atoms with Crippen LogP contribution in [0.15, 0.2) is 102 Å². The van der Waals surface area contributed by atoms with Crippen molar-refractivity contribution >= 4 is 33.1 Å². The van der Waals surface area contributed by atoms with Gasteiger partial charge in [-0.3, -0.25) is 15.1 Å². The number of benzene rings is 2. The molecular formula is C30H21N5OS. The van der Waals surface area contributed by atoms with E-state index in [1.807, 2.05) is 42.6 Å². The van der Waals surface area contributed by atoms with Crippen LogP contribution in [0.3, 0.4) is 0 Å². The Morgan fingerprint density at radius 3 is 2.65 bits per heavy atom. The molecular weight excluding hydrogens is 478 g/mol. The van der Waals surface area contributed by atoms with Gasteiger partial charge in [-0.25, -0.2) is 0 Å². The standard InChI is InChI=1S/C30H21N5OS/c1-2-5-19(6-3-1)17-36-22-11-21(14-31-15-22)27-13-25-29(16-32-27)34-35-30(25)28-12-24-23(20-9-10-37-18-20)7-4-8-26(24)33-28/h1-16,18,33H,17H2,(H,34,35). The molecule has 0 bridgehead atoms. The SMILES string of the molecule is c1ccc(COc2cncc(-c3cc4c(-c5cc6c(-c7ccsc7)cccc6[nH]5)n[nH]c4cn3)c2)cc1. The molecule has 0 spiro atoms. The average molecular weight is 500 g/mol. The molecule has 7 heteroatoms. The average Bonchev–Trinajstić information content (AvgIpc) is 3.71. The first-order chi connectivity index (χ1) is 18.3. The molecule has 7 rings (SSSR count). The summed E-state index contributed by atoms with van der Waals surface area (Å²) in [4.78, 5) is 12.6. The fourth-order valence-electron chi connectivity index (χ4n) is 4.61. The van der Waals surface area contributed by atoms with Gasteiger partial charge >= 0.3 is 0 Å². The molecule has 0 atom stereocenters. The zero-order valence-corrected chi connectivity index (χ0v) is 20.5. The van der Waals surface area contributed by atoms with Crippen molar-refractivity contribution in [3.63, 3.8) is 0 Å². The van der Waals surface area contributed by atoms with Crippen LogP contribution in [0.4, 0.5) is 0 Å². The summed E-state index contributed by atoms with van der Waals surface area (Å²) in [6, 6.07) is 24.8. The van der Waals surface area contributed by atoms with E-state index < -0.39 is 0 Å². The van der Waals surface area contributed by atoms with E-state index in [0.29, 0.717) is 12.4 Å². The fourth-order valence-corrected chi connectivity index (χ4v) is 5.27. The van der Waals surface area contributed by atoms with Gasteiger partial charge in [-0.1, -0.05) is 42.5 Å². The summed E-state index contributed by atoms with van der Waals surface area (Å²) in [6.07, 6.45) is 5.35. The van der Waals surface area contributed by atoms with Crippen LogP contribution in [0.25, 0.3) is 55.6 Å². The summed E-state index contributed by atoms with van der Waals surface area (Å²) in [6.45, 7) is 0.484. The first-order valence-corrected chi connectivity index (χ1v) is 12.9. The predicted molar refractivity (Wildman–Crippen MR) is 148 cm³/mol. The molecule has 0 fully saturated rings. The number of hydrogen-bond acceptors (Lipinski definition) is 5. The quantitative estimate of drug-likeness (QED) is 0.249. The van der Waals surface area contributed by atoms with Crippen molar-refractivity contribution < 1.29 is 4.74 Å². The van der Waals surface area contributed by atoms with Crippen LogP contribution >= 0.6 is 11.3 Å². The van der Waals surface area contributed by atoms with E-state index in [0.717, 1.165) is 44.6 Å². The van der Waals surface area contributed by atoms with Crippen molar-refractivity contribution in [3.05, 3.63) is 108 Å². The van der Waals surface area contributed by atoms with E-state index in [1.165, 1.54) is 16.5 Å². The number of hydrogen-bond donors (Lipinski definition) is 2. The molecule has 0 radical (unpaired) electrons. The summed E-state index contributed by atoms with van der Waals surface area (Å²) < 4.78 is 5.98. The number of aromatic amines is 2. The van der Waals surface area contributed by atoms with Crippen LogP contribution in [0.2, 0.25) is 0 Å². The van der Waals surface area contributed by atoms with Crippen molar-refractivity contribution in [2.24, 2.45) is 0 Å². The zero-order chi connectivity index (χ0) is 24.6. The maximum atomic E-state index is 5.98. The number of pyridine rings is 2. The van der Waals surface area contributed by atoms with Gasteiger partial charge in [0.25, 0.3) is 0 Å². The van der Waals surface area contributed by atoms with E-state index in [1.54, 1.807) is 23.7 Å². The van der Waals surface area contributed by atoms with Gasteiger partial charge in [0.15, 0.2) is 0 Å². The van der Waals surface area contributed by atoms with Gasteiger partial charge in [-0.05, 0) is 57.8 Å². The molecule has 7 aromatic rings. The maximum Gasteiger partial charge on any atom is 0.138 e. The summed E-state index contributed by atoms with van der Waals surface area (Å²) in [5.41, 5.74) is 9.00. The molecule has 5 aromatic heterocycles. The number of nitrogens with one attached hydrogen (secondary N) is 2. The van der Waals surface area contributed by atoms with Crippen LogP contribution in [0, 0.1) is 0 Å². The lowest BCUT2D eigenvalue weighted by Gasteiger charge is -2.08. The van der Waals surface area contributed by atoms with Crippen LogP contribution < -0.4 is 4.74 Å².